The lowest BCUT2D eigenvalue weighted by molar-refractivity contribution is -0.0124. The third-order valence-corrected chi connectivity index (χ3v) is 5.66. The Bertz CT molecular complexity index is 769. The Balaban J connectivity index is 1.86. The lowest BCUT2D eigenvalue weighted by Crippen LogP contribution is -2.35. The zero-order valence-corrected chi connectivity index (χ0v) is 16.0. The van der Waals surface area contributed by atoms with Gasteiger partial charge < -0.3 is 9.47 Å². The molecule has 1 saturated carbocycles. The fourth-order valence-electron chi connectivity index (χ4n) is 3.18. The Morgan fingerprint density at radius 1 is 1.38 bits per heavy atom. The van der Waals surface area contributed by atoms with Crippen molar-refractivity contribution in [3.63, 3.8) is 0 Å². The molecule has 1 N–H and O–H groups in total. The summed E-state index contributed by atoms with van der Waals surface area (Å²) < 4.78 is 11.6. The summed E-state index contributed by atoms with van der Waals surface area (Å²) in [5.74, 6) is 0.861. The number of anilines is 1. The van der Waals surface area contributed by atoms with E-state index in [2.05, 4.69) is 23.5 Å². The molecule has 0 radical (unpaired) electrons. The van der Waals surface area contributed by atoms with Crippen LogP contribution in [-0.2, 0) is 4.74 Å². The molecule has 0 spiro atoms. The van der Waals surface area contributed by atoms with Crippen LogP contribution >= 0.6 is 11.3 Å². The van der Waals surface area contributed by atoms with E-state index in [0.29, 0.717) is 16.8 Å². The molecule has 0 unspecified atom stereocenters. The molecule has 2 aromatic rings. The molecular weight excluding hydrogens is 348 g/mol. The minimum absolute atomic E-state index is 0.235. The molecule has 2 aromatic heterocycles. The van der Waals surface area contributed by atoms with E-state index < -0.39 is 0 Å². The summed E-state index contributed by atoms with van der Waals surface area (Å²) in [6.07, 6.45) is 10.2. The van der Waals surface area contributed by atoms with Crippen LogP contribution in [0.5, 0.6) is 5.88 Å². The van der Waals surface area contributed by atoms with Crippen LogP contribution in [0.25, 0.3) is 10.6 Å². The highest BCUT2D eigenvalue weighted by Gasteiger charge is 2.31. The number of hydrogen-bond acceptors (Lipinski definition) is 6. The van der Waals surface area contributed by atoms with Crippen molar-refractivity contribution in [3.8, 4) is 16.5 Å². The van der Waals surface area contributed by atoms with Crippen molar-refractivity contribution >= 4 is 22.7 Å². The minimum atomic E-state index is -0.235. The number of hydrogen-bond donors (Lipinski definition) is 1. The maximum Gasteiger partial charge on any atom is 0.250 e. The number of aromatic nitrogens is 2. The fourth-order valence-corrected chi connectivity index (χ4v) is 4.19. The molecule has 0 aromatic carbocycles. The molecule has 0 atom stereocenters. The van der Waals surface area contributed by atoms with Crippen LogP contribution in [0.15, 0.2) is 37.0 Å². The van der Waals surface area contributed by atoms with Crippen LogP contribution in [0, 0.1) is 5.41 Å². The van der Waals surface area contributed by atoms with Crippen molar-refractivity contribution in [1.29, 1.82) is 5.41 Å². The Morgan fingerprint density at radius 2 is 2.15 bits per heavy atom. The molecule has 1 fully saturated rings. The minimum Gasteiger partial charge on any atom is -0.479 e. The zero-order valence-electron chi connectivity index (χ0n) is 15.2. The molecule has 2 heterocycles. The van der Waals surface area contributed by atoms with Gasteiger partial charge in [0, 0.05) is 18.0 Å². The molecule has 1 aliphatic rings. The summed E-state index contributed by atoms with van der Waals surface area (Å²) in [7, 11) is 1.57. The van der Waals surface area contributed by atoms with Gasteiger partial charge in [0.1, 0.15) is 10.6 Å². The molecule has 0 bridgehead atoms. The summed E-state index contributed by atoms with van der Waals surface area (Å²) in [4.78, 5) is 10.3. The van der Waals surface area contributed by atoms with Crippen LogP contribution in [0.3, 0.4) is 0 Å². The molecule has 0 amide bonds. The lowest BCUT2D eigenvalue weighted by atomic mass is 9.86. The van der Waals surface area contributed by atoms with Gasteiger partial charge in [0.15, 0.2) is 10.9 Å². The van der Waals surface area contributed by atoms with Crippen molar-refractivity contribution in [2.75, 3.05) is 12.0 Å². The number of pyridine rings is 1. The quantitative estimate of drug-likeness (QED) is 0.428. The second-order valence-electron chi connectivity index (χ2n) is 6.58. The van der Waals surface area contributed by atoms with Gasteiger partial charge in [-0.2, -0.15) is 4.98 Å². The molecule has 1 aliphatic carbocycles. The summed E-state index contributed by atoms with van der Waals surface area (Å²) >= 11 is 1.42. The van der Waals surface area contributed by atoms with Gasteiger partial charge in [0.2, 0.25) is 5.88 Å². The van der Waals surface area contributed by atoms with Crippen LogP contribution in [0.1, 0.15) is 39.0 Å². The van der Waals surface area contributed by atoms with Gasteiger partial charge in [-0.15, -0.1) is 0 Å². The maximum absolute atomic E-state index is 7.87. The number of thiazole rings is 1. The van der Waals surface area contributed by atoms with Gasteiger partial charge in [-0.05, 0) is 51.3 Å². The Hall–Kier alpha value is -2.41. The first-order chi connectivity index (χ1) is 12.6. The first-order valence-corrected chi connectivity index (χ1v) is 9.51. The molecule has 26 heavy (non-hydrogen) atoms. The number of ether oxygens (including phenoxy) is 2. The van der Waals surface area contributed by atoms with Gasteiger partial charge in [-0.3, -0.25) is 15.3 Å². The molecule has 3 rings (SSSR count). The fraction of sp³-hybridized carbons (Fsp3) is 0.421. The zero-order chi connectivity index (χ0) is 18.6. The van der Waals surface area contributed by atoms with E-state index in [9.17, 15) is 0 Å². The predicted octanol–water partition coefficient (Wildman–Crippen LogP) is 4.84. The summed E-state index contributed by atoms with van der Waals surface area (Å²) in [5.41, 5.74) is 0.665. The van der Waals surface area contributed by atoms with E-state index in [0.717, 1.165) is 36.3 Å². The Kier molecular flexibility index (Phi) is 5.56. The first kappa shape index (κ1) is 18.4. The number of methoxy groups -OCH3 is 1. The molecular formula is C19H24N4O2S. The van der Waals surface area contributed by atoms with Crippen LogP contribution in [0.2, 0.25) is 0 Å². The van der Waals surface area contributed by atoms with Crippen molar-refractivity contribution in [3.05, 3.63) is 37.0 Å². The van der Waals surface area contributed by atoms with E-state index in [1.807, 2.05) is 12.1 Å². The van der Waals surface area contributed by atoms with Gasteiger partial charge in [0.05, 0.1) is 13.4 Å². The average Bonchev–Trinajstić information content (AvgIpc) is 3.07. The van der Waals surface area contributed by atoms with Crippen molar-refractivity contribution < 1.29 is 9.47 Å². The van der Waals surface area contributed by atoms with Crippen molar-refractivity contribution in [2.24, 2.45) is 0 Å². The van der Waals surface area contributed by atoms with Gasteiger partial charge in [0.25, 0.3) is 0 Å². The van der Waals surface area contributed by atoms with E-state index in [-0.39, 0.29) is 5.60 Å². The molecule has 0 aliphatic heterocycles. The summed E-state index contributed by atoms with van der Waals surface area (Å²) in [5, 5.41) is 9.31. The summed E-state index contributed by atoms with van der Waals surface area (Å²) in [6, 6.07) is 3.81. The number of nitrogens with zero attached hydrogens (tertiary/aromatic N) is 3. The first-order valence-electron chi connectivity index (χ1n) is 8.69. The van der Waals surface area contributed by atoms with Gasteiger partial charge >= 0.3 is 0 Å². The number of nitrogens with one attached hydrogen (secondary N) is 1. The van der Waals surface area contributed by atoms with Crippen molar-refractivity contribution in [2.45, 2.75) is 44.6 Å². The Labute approximate surface area is 158 Å². The third kappa shape index (κ3) is 3.88. The normalized spacial score (nSPS) is 15.9. The van der Waals surface area contributed by atoms with Crippen LogP contribution < -0.4 is 9.64 Å². The maximum atomic E-state index is 7.87. The predicted molar refractivity (Wildman–Crippen MR) is 105 cm³/mol. The van der Waals surface area contributed by atoms with Gasteiger partial charge in [-0.25, -0.2) is 0 Å². The largest absolute Gasteiger partial charge is 0.479 e. The molecule has 6 nitrogen and oxygen atoms in total. The van der Waals surface area contributed by atoms with Gasteiger partial charge in [-0.1, -0.05) is 17.8 Å². The standard InChI is InChI=1S/C19H24N4O2S/c1-14(25-19(2)9-5-4-6-10-19)23(13-20)18-16(24-3)22-17(26-18)15-8-7-11-21-12-15/h7-8,11-13,20H,1,4-6,9-10H2,2-3H3. The SMILES string of the molecule is C=C(OC1(C)CCCCC1)N(C=N)c1sc(-c2cccnc2)nc1OC. The molecule has 0 saturated heterocycles. The topological polar surface area (TPSA) is 71.3 Å². The molecule has 7 heteroatoms. The molecule has 138 valence electrons. The highest BCUT2D eigenvalue weighted by atomic mass is 32.1. The van der Waals surface area contributed by atoms with E-state index in [1.54, 1.807) is 24.4 Å². The van der Waals surface area contributed by atoms with E-state index in [1.165, 1.54) is 24.1 Å². The Morgan fingerprint density at radius 3 is 2.77 bits per heavy atom. The van der Waals surface area contributed by atoms with Crippen LogP contribution in [0.4, 0.5) is 5.00 Å². The third-order valence-electron chi connectivity index (χ3n) is 4.57. The highest BCUT2D eigenvalue weighted by molar-refractivity contribution is 7.19. The van der Waals surface area contributed by atoms with E-state index >= 15 is 0 Å². The van der Waals surface area contributed by atoms with Crippen molar-refractivity contribution in [1.82, 2.24) is 9.97 Å². The second kappa shape index (κ2) is 7.86. The highest BCUT2D eigenvalue weighted by Crippen LogP contribution is 2.41. The average molecular weight is 372 g/mol. The second-order valence-corrected chi connectivity index (χ2v) is 7.56. The lowest BCUT2D eigenvalue weighted by Gasteiger charge is -2.36. The summed E-state index contributed by atoms with van der Waals surface area (Å²) in [6.45, 7) is 6.18. The number of rotatable bonds is 7. The monoisotopic (exact) mass is 372 g/mol. The smallest absolute Gasteiger partial charge is 0.250 e. The van der Waals surface area contributed by atoms with Crippen LogP contribution in [-0.4, -0.2) is 29.0 Å². The van der Waals surface area contributed by atoms with E-state index in [4.69, 9.17) is 14.9 Å².